The van der Waals surface area contributed by atoms with Crippen molar-refractivity contribution in [1.29, 1.82) is 0 Å². The first-order chi connectivity index (χ1) is 14.8. The standard InChI is InChI=1S/C20H19F3N4O4/c1-29-11-5-6-15(30-2)12(8-11)25-19(28)14-10-18-24-13(16-4-3-7-31-16)9-17(20(21,22)23)27(18)26-14/h3-8,10,13,17,24H,9H2,1-2H3,(H,25,28)/t13-,17+/m0/s1. The van der Waals surface area contributed by atoms with Crippen molar-refractivity contribution in [1.82, 2.24) is 9.78 Å². The highest BCUT2D eigenvalue weighted by Crippen LogP contribution is 2.43. The predicted molar refractivity (Wildman–Crippen MR) is 105 cm³/mol. The number of fused-ring (bicyclic) bond motifs is 1. The van der Waals surface area contributed by atoms with Gasteiger partial charge in [-0.1, -0.05) is 0 Å². The summed E-state index contributed by atoms with van der Waals surface area (Å²) in [4.78, 5) is 12.8. The zero-order valence-electron chi connectivity index (χ0n) is 16.6. The molecule has 31 heavy (non-hydrogen) atoms. The molecule has 0 unspecified atom stereocenters. The maximum atomic E-state index is 13.7. The molecule has 4 rings (SSSR count). The Morgan fingerprint density at radius 1 is 1.26 bits per heavy atom. The molecule has 2 atom stereocenters. The number of furan rings is 1. The summed E-state index contributed by atoms with van der Waals surface area (Å²) in [6.45, 7) is 0. The Kier molecular flexibility index (Phi) is 5.25. The minimum Gasteiger partial charge on any atom is -0.497 e. The van der Waals surface area contributed by atoms with Crippen molar-refractivity contribution in [2.24, 2.45) is 0 Å². The van der Waals surface area contributed by atoms with Gasteiger partial charge < -0.3 is 24.5 Å². The molecule has 164 valence electrons. The minimum absolute atomic E-state index is 0.0673. The molecule has 3 aromatic rings. The number of carbonyl (C=O) groups is 1. The molecule has 2 N–H and O–H groups in total. The molecule has 0 spiro atoms. The lowest BCUT2D eigenvalue weighted by molar-refractivity contribution is -0.174. The summed E-state index contributed by atoms with van der Waals surface area (Å²) in [5.41, 5.74) is 0.119. The van der Waals surface area contributed by atoms with E-state index in [0.29, 0.717) is 22.9 Å². The largest absolute Gasteiger partial charge is 0.497 e. The van der Waals surface area contributed by atoms with Crippen LogP contribution in [-0.4, -0.2) is 36.1 Å². The number of benzene rings is 1. The van der Waals surface area contributed by atoms with Gasteiger partial charge in [-0.2, -0.15) is 18.3 Å². The molecule has 1 aliphatic heterocycles. The third-order valence-electron chi connectivity index (χ3n) is 4.96. The van der Waals surface area contributed by atoms with Crippen molar-refractivity contribution in [3.05, 3.63) is 54.1 Å². The summed E-state index contributed by atoms with van der Waals surface area (Å²) in [5.74, 6) is 0.583. The van der Waals surface area contributed by atoms with Crippen LogP contribution < -0.4 is 20.1 Å². The van der Waals surface area contributed by atoms with Crippen LogP contribution in [0, 0.1) is 0 Å². The van der Waals surface area contributed by atoms with Crippen LogP contribution in [0.2, 0.25) is 0 Å². The molecule has 1 amide bonds. The molecular formula is C20H19F3N4O4. The van der Waals surface area contributed by atoms with E-state index in [4.69, 9.17) is 13.9 Å². The van der Waals surface area contributed by atoms with Gasteiger partial charge in [0, 0.05) is 18.6 Å². The maximum Gasteiger partial charge on any atom is 0.410 e. The van der Waals surface area contributed by atoms with Crippen LogP contribution in [-0.2, 0) is 0 Å². The second-order valence-corrected chi connectivity index (χ2v) is 6.89. The number of anilines is 2. The summed E-state index contributed by atoms with van der Waals surface area (Å²) < 4.78 is 57.6. The highest BCUT2D eigenvalue weighted by Gasteiger charge is 2.47. The Morgan fingerprint density at radius 2 is 2.06 bits per heavy atom. The molecule has 1 aromatic carbocycles. The quantitative estimate of drug-likeness (QED) is 0.616. The number of amides is 1. The van der Waals surface area contributed by atoms with Crippen LogP contribution in [0.3, 0.4) is 0 Å². The summed E-state index contributed by atoms with van der Waals surface area (Å²) in [6.07, 6.45) is -3.49. The summed E-state index contributed by atoms with van der Waals surface area (Å²) in [5, 5.41) is 9.50. The van der Waals surface area contributed by atoms with E-state index in [9.17, 15) is 18.0 Å². The summed E-state index contributed by atoms with van der Waals surface area (Å²) >= 11 is 0. The average molecular weight is 436 g/mol. The minimum atomic E-state index is -4.56. The van der Waals surface area contributed by atoms with Crippen LogP contribution in [0.15, 0.2) is 47.1 Å². The summed E-state index contributed by atoms with van der Waals surface area (Å²) in [6, 6.07) is 6.64. The Hall–Kier alpha value is -3.63. The zero-order valence-corrected chi connectivity index (χ0v) is 16.6. The van der Waals surface area contributed by atoms with Gasteiger partial charge in [0.05, 0.1) is 32.2 Å². The van der Waals surface area contributed by atoms with Crippen molar-refractivity contribution < 1.29 is 31.9 Å². The Morgan fingerprint density at radius 3 is 2.71 bits per heavy atom. The molecule has 3 heterocycles. The van der Waals surface area contributed by atoms with E-state index < -0.39 is 24.2 Å². The molecule has 0 saturated heterocycles. The third kappa shape index (κ3) is 4.03. The molecule has 0 saturated carbocycles. The van der Waals surface area contributed by atoms with Gasteiger partial charge in [-0.05, 0) is 24.3 Å². The van der Waals surface area contributed by atoms with Crippen molar-refractivity contribution in [3.8, 4) is 11.5 Å². The summed E-state index contributed by atoms with van der Waals surface area (Å²) in [7, 11) is 2.90. The number of carbonyl (C=O) groups excluding carboxylic acids is 1. The van der Waals surface area contributed by atoms with Crippen LogP contribution in [0.1, 0.15) is 34.8 Å². The molecule has 0 aliphatic carbocycles. The van der Waals surface area contributed by atoms with Gasteiger partial charge in [-0.25, -0.2) is 4.68 Å². The van der Waals surface area contributed by atoms with Crippen molar-refractivity contribution in [2.75, 3.05) is 24.9 Å². The number of ether oxygens (including phenoxy) is 2. The van der Waals surface area contributed by atoms with Crippen LogP contribution in [0.25, 0.3) is 0 Å². The first kappa shape index (κ1) is 20.6. The van der Waals surface area contributed by atoms with E-state index >= 15 is 0 Å². The van der Waals surface area contributed by atoms with Gasteiger partial charge in [0.2, 0.25) is 0 Å². The Bertz CT molecular complexity index is 1080. The Labute approximate surface area is 174 Å². The number of hydrogen-bond donors (Lipinski definition) is 2. The highest BCUT2D eigenvalue weighted by atomic mass is 19.4. The van der Waals surface area contributed by atoms with Gasteiger partial charge in [-0.3, -0.25) is 4.79 Å². The number of halogens is 3. The Balaban J connectivity index is 1.64. The van der Waals surface area contributed by atoms with E-state index in [1.165, 1.54) is 32.6 Å². The van der Waals surface area contributed by atoms with Gasteiger partial charge in [0.15, 0.2) is 11.7 Å². The normalized spacial score (nSPS) is 18.1. The van der Waals surface area contributed by atoms with E-state index in [1.54, 1.807) is 24.3 Å². The van der Waals surface area contributed by atoms with Crippen LogP contribution >= 0.6 is 0 Å². The van der Waals surface area contributed by atoms with E-state index in [0.717, 1.165) is 4.68 Å². The van der Waals surface area contributed by atoms with Crippen LogP contribution in [0.5, 0.6) is 11.5 Å². The van der Waals surface area contributed by atoms with Gasteiger partial charge >= 0.3 is 6.18 Å². The number of aromatic nitrogens is 2. The van der Waals surface area contributed by atoms with E-state index in [-0.39, 0.29) is 17.9 Å². The fraction of sp³-hybridized carbons (Fsp3) is 0.300. The number of methoxy groups -OCH3 is 2. The van der Waals surface area contributed by atoms with E-state index in [1.807, 2.05) is 0 Å². The smallest absolute Gasteiger partial charge is 0.410 e. The van der Waals surface area contributed by atoms with E-state index in [2.05, 4.69) is 15.7 Å². The topological polar surface area (TPSA) is 90.5 Å². The highest BCUT2D eigenvalue weighted by molar-refractivity contribution is 6.04. The molecule has 0 fully saturated rings. The molecule has 11 heteroatoms. The molecule has 0 radical (unpaired) electrons. The third-order valence-corrected chi connectivity index (χ3v) is 4.96. The molecular weight excluding hydrogens is 417 g/mol. The van der Waals surface area contributed by atoms with Crippen molar-refractivity contribution >= 4 is 17.4 Å². The molecule has 1 aliphatic rings. The fourth-order valence-electron chi connectivity index (χ4n) is 3.46. The number of rotatable bonds is 5. The first-order valence-corrected chi connectivity index (χ1v) is 9.29. The number of hydrogen-bond acceptors (Lipinski definition) is 6. The monoisotopic (exact) mass is 436 g/mol. The second-order valence-electron chi connectivity index (χ2n) is 6.89. The van der Waals surface area contributed by atoms with Crippen LogP contribution in [0.4, 0.5) is 24.7 Å². The fourth-order valence-corrected chi connectivity index (χ4v) is 3.46. The number of alkyl halides is 3. The number of nitrogens with one attached hydrogen (secondary N) is 2. The van der Waals surface area contributed by atoms with Gasteiger partial charge in [0.25, 0.3) is 5.91 Å². The molecule has 0 bridgehead atoms. The molecule has 8 nitrogen and oxygen atoms in total. The number of nitrogens with zero attached hydrogens (tertiary/aromatic N) is 2. The maximum absolute atomic E-state index is 13.7. The average Bonchev–Trinajstić information content (AvgIpc) is 3.42. The first-order valence-electron chi connectivity index (χ1n) is 9.29. The van der Waals surface area contributed by atoms with Crippen molar-refractivity contribution in [3.63, 3.8) is 0 Å². The predicted octanol–water partition coefficient (Wildman–Crippen LogP) is 4.41. The van der Waals surface area contributed by atoms with Gasteiger partial charge in [-0.15, -0.1) is 0 Å². The lowest BCUT2D eigenvalue weighted by atomic mass is 10.0. The van der Waals surface area contributed by atoms with Gasteiger partial charge in [0.1, 0.15) is 23.1 Å². The SMILES string of the molecule is COc1ccc(OC)c(NC(=O)c2cc3n(n2)[C@@H](C(F)(F)F)C[C@@H](c2ccco2)N3)c1. The lowest BCUT2D eigenvalue weighted by Crippen LogP contribution is -2.35. The second kappa shape index (κ2) is 7.89. The lowest BCUT2D eigenvalue weighted by Gasteiger charge is -2.32. The van der Waals surface area contributed by atoms with Crippen molar-refractivity contribution in [2.45, 2.75) is 24.7 Å². The molecule has 2 aromatic heterocycles. The zero-order chi connectivity index (χ0) is 22.2.